The van der Waals surface area contributed by atoms with Gasteiger partial charge in [0.05, 0.1) is 17.6 Å². The smallest absolute Gasteiger partial charge is 0.142 e. The fourth-order valence-corrected chi connectivity index (χ4v) is 3.02. The van der Waals surface area contributed by atoms with Gasteiger partial charge in [-0.15, -0.1) is 0 Å². The molecule has 3 rings (SSSR count). The number of nitrogens with one attached hydrogen (secondary N) is 1. The molecule has 0 amide bonds. The minimum absolute atomic E-state index is 0.637. The summed E-state index contributed by atoms with van der Waals surface area (Å²) in [6.45, 7) is 5.71. The average Bonchev–Trinajstić information content (AvgIpc) is 2.88. The van der Waals surface area contributed by atoms with Gasteiger partial charge in [0.1, 0.15) is 11.4 Å². The summed E-state index contributed by atoms with van der Waals surface area (Å²) in [5, 5.41) is 14.3. The first-order valence-corrected chi connectivity index (χ1v) is 7.71. The molecule has 0 spiro atoms. The van der Waals surface area contributed by atoms with Gasteiger partial charge in [0, 0.05) is 13.2 Å². The highest BCUT2D eigenvalue weighted by Crippen LogP contribution is 2.32. The first-order chi connectivity index (χ1) is 10.2. The number of aromatic nitrogens is 2. The lowest BCUT2D eigenvalue weighted by molar-refractivity contribution is -0.00621. The van der Waals surface area contributed by atoms with Crippen LogP contribution < -0.4 is 5.32 Å². The third-order valence-electron chi connectivity index (χ3n) is 4.16. The van der Waals surface area contributed by atoms with Crippen LogP contribution in [0.1, 0.15) is 25.6 Å². The fourth-order valence-electron chi connectivity index (χ4n) is 3.02. The van der Waals surface area contributed by atoms with Gasteiger partial charge >= 0.3 is 0 Å². The normalized spacial score (nSPS) is 18.2. The van der Waals surface area contributed by atoms with E-state index in [-0.39, 0.29) is 0 Å². The summed E-state index contributed by atoms with van der Waals surface area (Å²) in [5.74, 6) is 0.782. The molecule has 1 fully saturated rings. The Morgan fingerprint density at radius 2 is 2.10 bits per heavy atom. The molecule has 2 heterocycles. The molecule has 0 atom stereocenters. The van der Waals surface area contributed by atoms with Crippen LogP contribution in [0.2, 0.25) is 0 Å². The van der Waals surface area contributed by atoms with Gasteiger partial charge in [0.15, 0.2) is 0 Å². The standard InChI is InChI=1S/C16H23N3O2/c1-2-21-12-11-19-14-6-4-3-5-13(14)18-15(19)16(20)7-9-17-10-8-16/h3-6,17,20H,2,7-12H2,1H3. The summed E-state index contributed by atoms with van der Waals surface area (Å²) in [4.78, 5) is 4.72. The number of rotatable bonds is 5. The summed E-state index contributed by atoms with van der Waals surface area (Å²) < 4.78 is 7.61. The van der Waals surface area contributed by atoms with Crippen LogP contribution in [0.3, 0.4) is 0 Å². The molecule has 114 valence electrons. The molecular formula is C16H23N3O2. The van der Waals surface area contributed by atoms with E-state index in [1.54, 1.807) is 0 Å². The summed E-state index contributed by atoms with van der Waals surface area (Å²) in [6, 6.07) is 8.05. The predicted molar refractivity (Wildman–Crippen MR) is 82.2 cm³/mol. The van der Waals surface area contributed by atoms with E-state index in [1.165, 1.54) is 0 Å². The minimum Gasteiger partial charge on any atom is -0.382 e. The molecule has 5 heteroatoms. The summed E-state index contributed by atoms with van der Waals surface area (Å²) >= 11 is 0. The van der Waals surface area contributed by atoms with Gasteiger partial charge in [-0.3, -0.25) is 0 Å². The van der Waals surface area contributed by atoms with Crippen molar-refractivity contribution in [2.45, 2.75) is 31.9 Å². The lowest BCUT2D eigenvalue weighted by atomic mass is 9.91. The lowest BCUT2D eigenvalue weighted by Gasteiger charge is -2.32. The van der Waals surface area contributed by atoms with E-state index in [9.17, 15) is 5.11 Å². The van der Waals surface area contributed by atoms with E-state index in [0.717, 1.165) is 36.5 Å². The van der Waals surface area contributed by atoms with Crippen LogP contribution in [0.5, 0.6) is 0 Å². The molecule has 2 N–H and O–H groups in total. The molecule has 0 saturated carbocycles. The Balaban J connectivity index is 2.01. The first-order valence-electron chi connectivity index (χ1n) is 7.71. The number of hydrogen-bond acceptors (Lipinski definition) is 4. The Kier molecular flexibility index (Phi) is 4.24. The number of para-hydroxylation sites is 2. The van der Waals surface area contributed by atoms with Gasteiger partial charge in [-0.05, 0) is 45.0 Å². The van der Waals surface area contributed by atoms with E-state index in [4.69, 9.17) is 9.72 Å². The second-order valence-electron chi connectivity index (χ2n) is 5.55. The Morgan fingerprint density at radius 3 is 2.86 bits per heavy atom. The molecule has 0 bridgehead atoms. The van der Waals surface area contributed by atoms with Gasteiger partial charge in [-0.1, -0.05) is 12.1 Å². The number of imidazole rings is 1. The minimum atomic E-state index is -0.837. The lowest BCUT2D eigenvalue weighted by Crippen LogP contribution is -2.41. The molecular weight excluding hydrogens is 266 g/mol. The van der Waals surface area contributed by atoms with Crippen molar-refractivity contribution >= 4 is 11.0 Å². The molecule has 1 aliphatic rings. The molecule has 1 aromatic carbocycles. The quantitative estimate of drug-likeness (QED) is 0.822. The zero-order valence-corrected chi connectivity index (χ0v) is 12.5. The van der Waals surface area contributed by atoms with E-state index in [0.29, 0.717) is 26.1 Å². The van der Waals surface area contributed by atoms with Crippen LogP contribution in [0.25, 0.3) is 11.0 Å². The first kappa shape index (κ1) is 14.5. The highest BCUT2D eigenvalue weighted by atomic mass is 16.5. The van der Waals surface area contributed by atoms with Gasteiger partial charge in [-0.2, -0.15) is 0 Å². The molecule has 1 aromatic heterocycles. The van der Waals surface area contributed by atoms with Crippen molar-refractivity contribution in [3.8, 4) is 0 Å². The van der Waals surface area contributed by atoms with Gasteiger partial charge in [0.25, 0.3) is 0 Å². The Bertz CT molecular complexity index is 603. The highest BCUT2D eigenvalue weighted by Gasteiger charge is 2.36. The maximum Gasteiger partial charge on any atom is 0.142 e. The SMILES string of the molecule is CCOCCn1c(C2(O)CCNCC2)nc2ccccc21. The molecule has 0 radical (unpaired) electrons. The average molecular weight is 289 g/mol. The summed E-state index contributed by atoms with van der Waals surface area (Å²) in [5.41, 5.74) is 1.17. The van der Waals surface area contributed by atoms with Crippen LogP contribution in [-0.2, 0) is 16.9 Å². The van der Waals surface area contributed by atoms with Crippen molar-refractivity contribution in [1.29, 1.82) is 0 Å². The molecule has 5 nitrogen and oxygen atoms in total. The number of aliphatic hydroxyl groups is 1. The predicted octanol–water partition coefficient (Wildman–Crippen LogP) is 1.64. The van der Waals surface area contributed by atoms with E-state index in [2.05, 4.69) is 16.0 Å². The number of benzene rings is 1. The Labute approximate surface area is 124 Å². The second-order valence-corrected chi connectivity index (χ2v) is 5.55. The second kappa shape index (κ2) is 6.13. The zero-order valence-electron chi connectivity index (χ0n) is 12.5. The summed E-state index contributed by atoms with van der Waals surface area (Å²) in [6.07, 6.45) is 1.40. The number of hydrogen-bond donors (Lipinski definition) is 2. The van der Waals surface area contributed by atoms with E-state index < -0.39 is 5.60 Å². The Morgan fingerprint density at radius 1 is 1.33 bits per heavy atom. The van der Waals surface area contributed by atoms with E-state index in [1.807, 2.05) is 25.1 Å². The third-order valence-corrected chi connectivity index (χ3v) is 4.16. The van der Waals surface area contributed by atoms with Crippen molar-refractivity contribution in [1.82, 2.24) is 14.9 Å². The van der Waals surface area contributed by atoms with Gasteiger partial charge in [0.2, 0.25) is 0 Å². The molecule has 21 heavy (non-hydrogen) atoms. The number of nitrogens with zero attached hydrogens (tertiary/aromatic N) is 2. The fraction of sp³-hybridized carbons (Fsp3) is 0.562. The third kappa shape index (κ3) is 2.81. The largest absolute Gasteiger partial charge is 0.382 e. The molecule has 0 aliphatic carbocycles. The van der Waals surface area contributed by atoms with Gasteiger partial charge < -0.3 is 19.7 Å². The van der Waals surface area contributed by atoms with Gasteiger partial charge in [-0.25, -0.2) is 4.98 Å². The molecule has 0 unspecified atom stereocenters. The van der Waals surface area contributed by atoms with Crippen molar-refractivity contribution in [2.24, 2.45) is 0 Å². The van der Waals surface area contributed by atoms with Crippen LogP contribution in [0.4, 0.5) is 0 Å². The zero-order chi connectivity index (χ0) is 14.7. The van der Waals surface area contributed by atoms with Crippen molar-refractivity contribution in [3.05, 3.63) is 30.1 Å². The maximum absolute atomic E-state index is 11.0. The molecule has 2 aromatic rings. The number of fused-ring (bicyclic) bond motifs is 1. The maximum atomic E-state index is 11.0. The van der Waals surface area contributed by atoms with Crippen LogP contribution >= 0.6 is 0 Å². The monoisotopic (exact) mass is 289 g/mol. The van der Waals surface area contributed by atoms with E-state index >= 15 is 0 Å². The van der Waals surface area contributed by atoms with Crippen molar-refractivity contribution in [3.63, 3.8) is 0 Å². The van der Waals surface area contributed by atoms with Crippen LogP contribution in [-0.4, -0.2) is 41.0 Å². The number of ether oxygens (including phenoxy) is 1. The summed E-state index contributed by atoms with van der Waals surface area (Å²) in [7, 11) is 0. The highest BCUT2D eigenvalue weighted by molar-refractivity contribution is 5.76. The molecule has 1 aliphatic heterocycles. The Hall–Kier alpha value is -1.43. The van der Waals surface area contributed by atoms with Crippen molar-refractivity contribution < 1.29 is 9.84 Å². The molecule has 1 saturated heterocycles. The van der Waals surface area contributed by atoms with Crippen LogP contribution in [0.15, 0.2) is 24.3 Å². The topological polar surface area (TPSA) is 59.3 Å². The van der Waals surface area contributed by atoms with Crippen molar-refractivity contribution in [2.75, 3.05) is 26.3 Å². The number of piperidine rings is 1. The van der Waals surface area contributed by atoms with Crippen LogP contribution in [0, 0.1) is 0 Å².